The number of rotatable bonds is 2. The van der Waals surface area contributed by atoms with E-state index in [1.807, 2.05) is 0 Å². The summed E-state index contributed by atoms with van der Waals surface area (Å²) in [5.41, 5.74) is 0. The number of hydrogen-bond acceptors (Lipinski definition) is 7. The monoisotopic (exact) mass is 222 g/mol. The van der Waals surface area contributed by atoms with Gasteiger partial charge in [-0.05, 0) is 0 Å². The van der Waals surface area contributed by atoms with E-state index in [9.17, 15) is 20.1 Å². The van der Waals surface area contributed by atoms with Crippen molar-refractivity contribution in [3.05, 3.63) is 0 Å². The van der Waals surface area contributed by atoms with E-state index in [2.05, 4.69) is 4.74 Å². The van der Waals surface area contributed by atoms with Crippen LogP contribution in [-0.4, -0.2) is 63.7 Å². The van der Waals surface area contributed by atoms with E-state index in [1.54, 1.807) is 0 Å². The second-order valence-electron chi connectivity index (χ2n) is 3.30. The van der Waals surface area contributed by atoms with E-state index < -0.39 is 43.3 Å². The van der Waals surface area contributed by atoms with Crippen molar-refractivity contribution < 1.29 is 34.7 Å². The molecule has 15 heavy (non-hydrogen) atoms. The summed E-state index contributed by atoms with van der Waals surface area (Å²) in [5.74, 6) is -0.712. The van der Waals surface area contributed by atoms with Gasteiger partial charge in [-0.2, -0.15) is 0 Å². The molecule has 0 bridgehead atoms. The van der Waals surface area contributed by atoms with Crippen LogP contribution in [-0.2, 0) is 14.3 Å². The Kier molecular flexibility index (Phi) is 4.00. The SMILES string of the molecule is CC(=O)O[C@@H]1[C@@H](O)[C@H](O)[C@@H](CO)O[C@H]1O. The van der Waals surface area contributed by atoms with E-state index >= 15 is 0 Å². The van der Waals surface area contributed by atoms with Crippen molar-refractivity contribution in [2.75, 3.05) is 6.61 Å². The molecule has 0 aromatic heterocycles. The van der Waals surface area contributed by atoms with E-state index in [1.165, 1.54) is 0 Å². The maximum absolute atomic E-state index is 10.6. The topological polar surface area (TPSA) is 116 Å². The van der Waals surface area contributed by atoms with Gasteiger partial charge in [-0.3, -0.25) is 4.79 Å². The summed E-state index contributed by atoms with van der Waals surface area (Å²) in [5, 5.41) is 37.0. The highest BCUT2D eigenvalue weighted by Crippen LogP contribution is 2.22. The predicted octanol–water partition coefficient (Wildman–Crippen LogP) is -2.65. The van der Waals surface area contributed by atoms with Crippen molar-refractivity contribution in [3.63, 3.8) is 0 Å². The van der Waals surface area contributed by atoms with Gasteiger partial charge in [0.1, 0.15) is 18.3 Å². The van der Waals surface area contributed by atoms with Crippen LogP contribution in [0.1, 0.15) is 6.92 Å². The van der Waals surface area contributed by atoms with E-state index in [0.29, 0.717) is 0 Å². The molecule has 0 aromatic rings. The number of ether oxygens (including phenoxy) is 2. The van der Waals surface area contributed by atoms with Crippen LogP contribution in [0.3, 0.4) is 0 Å². The van der Waals surface area contributed by atoms with Gasteiger partial charge in [-0.25, -0.2) is 0 Å². The van der Waals surface area contributed by atoms with Crippen LogP contribution in [0.25, 0.3) is 0 Å². The molecule has 1 fully saturated rings. The second-order valence-corrected chi connectivity index (χ2v) is 3.30. The summed E-state index contributed by atoms with van der Waals surface area (Å²) in [6.07, 6.45) is -6.91. The highest BCUT2D eigenvalue weighted by atomic mass is 16.7. The molecule has 1 rings (SSSR count). The minimum atomic E-state index is -1.57. The van der Waals surface area contributed by atoms with Crippen molar-refractivity contribution in [2.24, 2.45) is 0 Å². The summed E-state index contributed by atoms with van der Waals surface area (Å²) in [4.78, 5) is 10.6. The second kappa shape index (κ2) is 4.86. The van der Waals surface area contributed by atoms with Crippen LogP contribution in [0.2, 0.25) is 0 Å². The van der Waals surface area contributed by atoms with Gasteiger partial charge < -0.3 is 29.9 Å². The predicted molar refractivity (Wildman–Crippen MR) is 45.5 cm³/mol. The van der Waals surface area contributed by atoms with Crippen molar-refractivity contribution in [3.8, 4) is 0 Å². The molecule has 0 aliphatic carbocycles. The molecule has 0 radical (unpaired) electrons. The summed E-state index contributed by atoms with van der Waals surface area (Å²) in [6.45, 7) is 0.548. The first kappa shape index (κ1) is 12.3. The smallest absolute Gasteiger partial charge is 0.303 e. The molecule has 1 saturated heterocycles. The van der Waals surface area contributed by atoms with Crippen LogP contribution in [0.4, 0.5) is 0 Å². The summed E-state index contributed by atoms with van der Waals surface area (Å²) in [6, 6.07) is 0. The van der Waals surface area contributed by atoms with E-state index in [0.717, 1.165) is 6.92 Å². The maximum Gasteiger partial charge on any atom is 0.303 e. The summed E-state index contributed by atoms with van der Waals surface area (Å²) >= 11 is 0. The lowest BCUT2D eigenvalue weighted by molar-refractivity contribution is -0.290. The number of aliphatic hydroxyl groups is 4. The Bertz CT molecular complexity index is 231. The standard InChI is InChI=1S/C8H14O7/c1-3(10)14-7-6(12)5(11)4(2-9)15-8(7)13/h4-9,11-13H,2H2,1H3/t4-,5-,6+,7-,8-/m1/s1. The fourth-order valence-corrected chi connectivity index (χ4v) is 1.39. The first-order valence-electron chi connectivity index (χ1n) is 4.45. The largest absolute Gasteiger partial charge is 0.454 e. The lowest BCUT2D eigenvalue weighted by Gasteiger charge is -2.39. The molecule has 0 amide bonds. The van der Waals surface area contributed by atoms with Gasteiger partial charge in [-0.15, -0.1) is 0 Å². The maximum atomic E-state index is 10.6. The molecule has 0 saturated carbocycles. The number of carbonyl (C=O) groups is 1. The molecule has 7 nitrogen and oxygen atoms in total. The third-order valence-corrected chi connectivity index (χ3v) is 2.14. The van der Waals surface area contributed by atoms with Gasteiger partial charge in [0.05, 0.1) is 6.61 Å². The zero-order chi connectivity index (χ0) is 11.6. The van der Waals surface area contributed by atoms with Crippen LogP contribution in [0.5, 0.6) is 0 Å². The molecule has 88 valence electrons. The van der Waals surface area contributed by atoms with E-state index in [4.69, 9.17) is 9.84 Å². The van der Waals surface area contributed by atoms with Gasteiger partial charge in [0.25, 0.3) is 0 Å². The molecule has 1 heterocycles. The Morgan fingerprint density at radius 3 is 2.40 bits per heavy atom. The fourth-order valence-electron chi connectivity index (χ4n) is 1.39. The van der Waals surface area contributed by atoms with Crippen LogP contribution >= 0.6 is 0 Å². The Balaban J connectivity index is 2.70. The number of aliphatic hydroxyl groups excluding tert-OH is 4. The molecule has 5 atom stereocenters. The molecule has 0 unspecified atom stereocenters. The Hall–Kier alpha value is -0.730. The first-order chi connectivity index (χ1) is 6.97. The average molecular weight is 222 g/mol. The Labute approximate surface area is 85.9 Å². The minimum absolute atomic E-state index is 0.553. The summed E-state index contributed by atoms with van der Waals surface area (Å²) in [7, 11) is 0. The quantitative estimate of drug-likeness (QED) is 0.377. The highest BCUT2D eigenvalue weighted by molar-refractivity contribution is 5.66. The van der Waals surface area contributed by atoms with Gasteiger partial charge in [0.15, 0.2) is 12.4 Å². The lowest BCUT2D eigenvalue weighted by Crippen LogP contribution is -2.59. The van der Waals surface area contributed by atoms with Crippen LogP contribution < -0.4 is 0 Å². The lowest BCUT2D eigenvalue weighted by atomic mass is 9.99. The number of carbonyl (C=O) groups excluding carboxylic acids is 1. The van der Waals surface area contributed by atoms with E-state index in [-0.39, 0.29) is 0 Å². The number of hydrogen-bond donors (Lipinski definition) is 4. The zero-order valence-electron chi connectivity index (χ0n) is 8.11. The minimum Gasteiger partial charge on any atom is -0.454 e. The number of esters is 1. The van der Waals surface area contributed by atoms with Gasteiger partial charge in [0.2, 0.25) is 0 Å². The van der Waals surface area contributed by atoms with Gasteiger partial charge in [0, 0.05) is 6.92 Å². The first-order valence-corrected chi connectivity index (χ1v) is 4.45. The zero-order valence-corrected chi connectivity index (χ0v) is 8.11. The normalized spacial score (nSPS) is 41.3. The average Bonchev–Trinajstić information content (AvgIpc) is 2.18. The molecule has 0 spiro atoms. The van der Waals surface area contributed by atoms with Crippen molar-refractivity contribution in [1.29, 1.82) is 0 Å². The van der Waals surface area contributed by atoms with Crippen molar-refractivity contribution in [1.82, 2.24) is 0 Å². The van der Waals surface area contributed by atoms with Crippen molar-refractivity contribution in [2.45, 2.75) is 37.6 Å². The molecule has 1 aliphatic rings. The third-order valence-electron chi connectivity index (χ3n) is 2.14. The van der Waals surface area contributed by atoms with Gasteiger partial charge >= 0.3 is 5.97 Å². The molecule has 4 N–H and O–H groups in total. The van der Waals surface area contributed by atoms with Crippen LogP contribution in [0.15, 0.2) is 0 Å². The molecule has 7 heteroatoms. The van der Waals surface area contributed by atoms with Crippen molar-refractivity contribution >= 4 is 5.97 Å². The highest BCUT2D eigenvalue weighted by Gasteiger charge is 2.45. The fraction of sp³-hybridized carbons (Fsp3) is 0.875. The van der Waals surface area contributed by atoms with Crippen LogP contribution in [0, 0.1) is 0 Å². The molecular weight excluding hydrogens is 208 g/mol. The molecule has 1 aliphatic heterocycles. The molecular formula is C8H14O7. The molecule has 0 aromatic carbocycles. The third kappa shape index (κ3) is 2.64. The Morgan fingerprint density at radius 2 is 1.93 bits per heavy atom. The summed E-state index contributed by atoms with van der Waals surface area (Å²) < 4.78 is 9.32. The van der Waals surface area contributed by atoms with Gasteiger partial charge in [-0.1, -0.05) is 0 Å². The Morgan fingerprint density at radius 1 is 1.33 bits per heavy atom.